The van der Waals surface area contributed by atoms with Gasteiger partial charge >= 0.3 is 0 Å². The van der Waals surface area contributed by atoms with Crippen LogP contribution in [0, 0.1) is 24.3 Å². The van der Waals surface area contributed by atoms with Crippen LogP contribution in [0.5, 0.6) is 0 Å². The lowest BCUT2D eigenvalue weighted by Gasteiger charge is -2.06. The molecule has 1 rings (SSSR count). The van der Waals surface area contributed by atoms with Crippen molar-refractivity contribution in [2.45, 2.75) is 46.0 Å². The molecule has 3 atom stereocenters. The molecule has 68 valence electrons. The van der Waals surface area contributed by atoms with E-state index >= 15 is 0 Å². The summed E-state index contributed by atoms with van der Waals surface area (Å²) in [5.74, 6) is 2.88. The SMILES string of the molecule is [CH+]=CCC1CC1CCC(C)CC. The summed E-state index contributed by atoms with van der Waals surface area (Å²) in [5, 5.41) is 0. The molecule has 3 unspecified atom stereocenters. The van der Waals surface area contributed by atoms with Crippen molar-refractivity contribution in [3.63, 3.8) is 0 Å². The molecule has 0 aliphatic heterocycles. The van der Waals surface area contributed by atoms with Crippen LogP contribution in [0.25, 0.3) is 0 Å². The van der Waals surface area contributed by atoms with Gasteiger partial charge in [-0.05, 0) is 30.6 Å². The molecule has 0 amide bonds. The highest BCUT2D eigenvalue weighted by Gasteiger charge is 2.35. The number of hydrogen-bond acceptors (Lipinski definition) is 0. The summed E-state index contributed by atoms with van der Waals surface area (Å²) >= 11 is 0. The fraction of sp³-hybridized carbons (Fsp3) is 0.833. The van der Waals surface area contributed by atoms with Gasteiger partial charge in [0.05, 0.1) is 0 Å². The first-order chi connectivity index (χ1) is 5.77. The third-order valence-electron chi connectivity index (χ3n) is 3.24. The van der Waals surface area contributed by atoms with Crippen LogP contribution in [0.1, 0.15) is 46.0 Å². The third-order valence-corrected chi connectivity index (χ3v) is 3.24. The Kier molecular flexibility index (Phi) is 3.75. The van der Waals surface area contributed by atoms with Gasteiger partial charge in [0.2, 0.25) is 6.58 Å². The highest BCUT2D eigenvalue weighted by Crippen LogP contribution is 2.45. The molecule has 0 aromatic carbocycles. The Bertz CT molecular complexity index is 137. The summed E-state index contributed by atoms with van der Waals surface area (Å²) < 4.78 is 0. The fourth-order valence-corrected chi connectivity index (χ4v) is 1.83. The summed E-state index contributed by atoms with van der Waals surface area (Å²) in [6.07, 6.45) is 8.60. The van der Waals surface area contributed by atoms with Crippen molar-refractivity contribution < 1.29 is 0 Å². The highest BCUT2D eigenvalue weighted by atomic mass is 14.4. The van der Waals surface area contributed by atoms with Gasteiger partial charge in [0.1, 0.15) is 0 Å². The quantitative estimate of drug-likeness (QED) is 0.525. The van der Waals surface area contributed by atoms with Crippen LogP contribution in [0.3, 0.4) is 0 Å². The smallest absolute Gasteiger partial charge is 0.0651 e. The van der Waals surface area contributed by atoms with E-state index < -0.39 is 0 Å². The van der Waals surface area contributed by atoms with E-state index in [0.717, 1.165) is 24.2 Å². The number of rotatable bonds is 6. The van der Waals surface area contributed by atoms with Crippen molar-refractivity contribution in [3.05, 3.63) is 12.7 Å². The van der Waals surface area contributed by atoms with Gasteiger partial charge in [0, 0.05) is 6.42 Å². The predicted molar refractivity (Wildman–Crippen MR) is 53.8 cm³/mol. The van der Waals surface area contributed by atoms with Gasteiger partial charge < -0.3 is 0 Å². The van der Waals surface area contributed by atoms with E-state index in [1.807, 2.05) is 6.08 Å². The summed E-state index contributed by atoms with van der Waals surface area (Å²) in [7, 11) is 0. The van der Waals surface area contributed by atoms with Gasteiger partial charge in [0.15, 0.2) is 6.08 Å². The molecule has 0 N–H and O–H groups in total. The lowest BCUT2D eigenvalue weighted by atomic mass is 10.00. The second-order valence-corrected chi connectivity index (χ2v) is 4.32. The summed E-state index contributed by atoms with van der Waals surface area (Å²) in [4.78, 5) is 0. The first kappa shape index (κ1) is 9.74. The summed E-state index contributed by atoms with van der Waals surface area (Å²) in [6, 6.07) is 0. The van der Waals surface area contributed by atoms with E-state index in [4.69, 9.17) is 6.58 Å². The fourth-order valence-electron chi connectivity index (χ4n) is 1.83. The van der Waals surface area contributed by atoms with Gasteiger partial charge in [0.25, 0.3) is 0 Å². The van der Waals surface area contributed by atoms with Gasteiger partial charge in [-0.15, -0.1) is 0 Å². The zero-order valence-electron chi connectivity index (χ0n) is 8.42. The van der Waals surface area contributed by atoms with E-state index in [9.17, 15) is 0 Å². The van der Waals surface area contributed by atoms with Crippen molar-refractivity contribution in [2.24, 2.45) is 17.8 Å². The molecule has 0 heteroatoms. The molecule has 12 heavy (non-hydrogen) atoms. The van der Waals surface area contributed by atoms with E-state index in [2.05, 4.69) is 13.8 Å². The molecule has 0 aromatic heterocycles. The molecule has 1 aliphatic rings. The Morgan fingerprint density at radius 2 is 2.25 bits per heavy atom. The van der Waals surface area contributed by atoms with Crippen LogP contribution in [-0.4, -0.2) is 0 Å². The molecule has 0 heterocycles. The second kappa shape index (κ2) is 4.62. The molecule has 0 aromatic rings. The second-order valence-electron chi connectivity index (χ2n) is 4.32. The van der Waals surface area contributed by atoms with Crippen LogP contribution < -0.4 is 0 Å². The molecule has 1 saturated carbocycles. The predicted octanol–water partition coefficient (Wildman–Crippen LogP) is 3.83. The van der Waals surface area contributed by atoms with E-state index in [-0.39, 0.29) is 0 Å². The van der Waals surface area contributed by atoms with Gasteiger partial charge in [-0.2, -0.15) is 0 Å². The minimum Gasteiger partial charge on any atom is -0.0651 e. The molecule has 0 saturated heterocycles. The van der Waals surface area contributed by atoms with Crippen molar-refractivity contribution >= 4 is 0 Å². The first-order valence-corrected chi connectivity index (χ1v) is 5.31. The number of hydrogen-bond donors (Lipinski definition) is 0. The van der Waals surface area contributed by atoms with Crippen molar-refractivity contribution in [1.29, 1.82) is 0 Å². The standard InChI is InChI=1S/C12H21/c1-4-6-11-9-12(11)8-7-10(3)5-2/h1,4,10-12H,5-9H2,2-3H3/q+1. The Hall–Kier alpha value is -0.350. The molecule has 1 fully saturated rings. The van der Waals surface area contributed by atoms with Crippen LogP contribution in [-0.2, 0) is 0 Å². The van der Waals surface area contributed by atoms with Crippen LogP contribution in [0.15, 0.2) is 6.08 Å². The maximum absolute atomic E-state index is 5.39. The summed E-state index contributed by atoms with van der Waals surface area (Å²) in [6.45, 7) is 10.0. The molecule has 0 nitrogen and oxygen atoms in total. The zero-order chi connectivity index (χ0) is 8.97. The van der Waals surface area contributed by atoms with Crippen LogP contribution >= 0.6 is 0 Å². The van der Waals surface area contributed by atoms with E-state index in [1.165, 1.54) is 25.7 Å². The van der Waals surface area contributed by atoms with E-state index in [1.54, 1.807) is 0 Å². The minimum atomic E-state index is 0.924. The average Bonchev–Trinajstić information content (AvgIpc) is 2.80. The zero-order valence-corrected chi connectivity index (χ0v) is 8.42. The molecule has 0 spiro atoms. The topological polar surface area (TPSA) is 0 Å². The Morgan fingerprint density at radius 1 is 1.50 bits per heavy atom. The normalized spacial score (nSPS) is 29.8. The number of allylic oxidation sites excluding steroid dienone is 1. The van der Waals surface area contributed by atoms with Crippen molar-refractivity contribution in [3.8, 4) is 0 Å². The summed E-state index contributed by atoms with van der Waals surface area (Å²) in [5.41, 5.74) is 0. The van der Waals surface area contributed by atoms with Crippen LogP contribution in [0.2, 0.25) is 0 Å². The third kappa shape index (κ3) is 2.95. The Balaban J connectivity index is 2.00. The molecule has 0 bridgehead atoms. The first-order valence-electron chi connectivity index (χ1n) is 5.31. The molecular formula is C12H21+. The largest absolute Gasteiger partial charge is 0.201 e. The monoisotopic (exact) mass is 165 g/mol. The minimum absolute atomic E-state index is 0.924. The van der Waals surface area contributed by atoms with Gasteiger partial charge in [-0.3, -0.25) is 0 Å². The van der Waals surface area contributed by atoms with E-state index in [0.29, 0.717) is 0 Å². The molecule has 0 radical (unpaired) electrons. The highest BCUT2D eigenvalue weighted by molar-refractivity contribution is 4.90. The lowest BCUT2D eigenvalue weighted by molar-refractivity contribution is 0.465. The lowest BCUT2D eigenvalue weighted by Crippen LogP contribution is -1.93. The molecule has 1 aliphatic carbocycles. The van der Waals surface area contributed by atoms with Crippen molar-refractivity contribution in [2.75, 3.05) is 0 Å². The van der Waals surface area contributed by atoms with Gasteiger partial charge in [-0.1, -0.05) is 26.7 Å². The Morgan fingerprint density at radius 3 is 2.83 bits per heavy atom. The average molecular weight is 165 g/mol. The Labute approximate surface area is 77.1 Å². The van der Waals surface area contributed by atoms with Crippen molar-refractivity contribution in [1.82, 2.24) is 0 Å². The van der Waals surface area contributed by atoms with Gasteiger partial charge in [-0.25, -0.2) is 0 Å². The maximum atomic E-state index is 5.39. The maximum Gasteiger partial charge on any atom is 0.201 e. The molecular weight excluding hydrogens is 144 g/mol. The van der Waals surface area contributed by atoms with Crippen LogP contribution in [0.4, 0.5) is 0 Å².